The van der Waals surface area contributed by atoms with E-state index in [1.165, 1.54) is 24.3 Å². The van der Waals surface area contributed by atoms with Gasteiger partial charge in [-0.3, -0.25) is 14.5 Å². The second-order valence-corrected chi connectivity index (χ2v) is 9.19. The van der Waals surface area contributed by atoms with E-state index in [0.717, 1.165) is 36.0 Å². The minimum absolute atomic E-state index is 0.0186. The first-order valence-corrected chi connectivity index (χ1v) is 11.3. The van der Waals surface area contributed by atoms with Crippen molar-refractivity contribution in [3.8, 4) is 0 Å². The molecule has 2 saturated heterocycles. The van der Waals surface area contributed by atoms with Crippen LogP contribution in [0.2, 0.25) is 0 Å². The highest BCUT2D eigenvalue weighted by molar-refractivity contribution is 7.94. The molecule has 0 saturated carbocycles. The highest BCUT2D eigenvalue weighted by Crippen LogP contribution is 2.26. The molecule has 1 N–H and O–H groups in total. The fraction of sp³-hybridized carbons (Fsp3) is 0.400. The predicted octanol–water partition coefficient (Wildman–Crippen LogP) is 1.91. The van der Waals surface area contributed by atoms with Gasteiger partial charge in [-0.15, -0.1) is 0 Å². The maximum atomic E-state index is 12.6. The zero-order valence-electron chi connectivity index (χ0n) is 15.9. The minimum atomic E-state index is -3.61. The third-order valence-electron chi connectivity index (χ3n) is 5.35. The molecule has 0 bridgehead atoms. The molecule has 8 nitrogen and oxygen atoms in total. The summed E-state index contributed by atoms with van der Waals surface area (Å²) in [6, 6.07) is 9.76. The summed E-state index contributed by atoms with van der Waals surface area (Å²) in [5.41, 5.74) is 0.659. The van der Waals surface area contributed by atoms with Crippen LogP contribution in [0.1, 0.15) is 41.4 Å². The number of sulfonamides is 1. The molecule has 1 unspecified atom stereocenters. The summed E-state index contributed by atoms with van der Waals surface area (Å²) in [7, 11) is -3.61. The first kappa shape index (κ1) is 19.7. The quantitative estimate of drug-likeness (QED) is 0.771. The van der Waals surface area contributed by atoms with Crippen LogP contribution >= 0.6 is 0 Å². The summed E-state index contributed by atoms with van der Waals surface area (Å²) in [5.74, 6) is -0.0732. The molecule has 1 aromatic heterocycles. The fourth-order valence-electron chi connectivity index (χ4n) is 3.85. The summed E-state index contributed by atoms with van der Waals surface area (Å²) < 4.78 is 30.4. The predicted molar refractivity (Wildman–Crippen MR) is 107 cm³/mol. The van der Waals surface area contributed by atoms with E-state index in [2.05, 4.69) is 10.2 Å². The van der Waals surface area contributed by atoms with Gasteiger partial charge in [0, 0.05) is 18.5 Å². The molecule has 2 amide bonds. The van der Waals surface area contributed by atoms with E-state index in [0.29, 0.717) is 12.1 Å². The fourth-order valence-corrected chi connectivity index (χ4v) is 5.31. The number of nitrogens with zero attached hydrogens (tertiary/aromatic N) is 2. The Balaban J connectivity index is 1.43. The summed E-state index contributed by atoms with van der Waals surface area (Å²) in [5, 5.41) is 2.94. The van der Waals surface area contributed by atoms with Crippen molar-refractivity contribution in [1.82, 2.24) is 10.2 Å². The Hall–Kier alpha value is -2.65. The maximum Gasteiger partial charge on any atom is 0.251 e. The van der Waals surface area contributed by atoms with E-state index >= 15 is 0 Å². The van der Waals surface area contributed by atoms with E-state index in [9.17, 15) is 18.0 Å². The lowest BCUT2D eigenvalue weighted by Crippen LogP contribution is -2.36. The van der Waals surface area contributed by atoms with Crippen molar-refractivity contribution in [3.63, 3.8) is 0 Å². The van der Waals surface area contributed by atoms with Crippen LogP contribution in [0, 0.1) is 0 Å². The summed E-state index contributed by atoms with van der Waals surface area (Å²) in [4.78, 5) is 26.8. The van der Waals surface area contributed by atoms with Crippen LogP contribution in [0.3, 0.4) is 0 Å². The van der Waals surface area contributed by atoms with Crippen LogP contribution in [-0.2, 0) is 14.8 Å². The van der Waals surface area contributed by atoms with Crippen molar-refractivity contribution >= 4 is 27.5 Å². The van der Waals surface area contributed by atoms with Crippen LogP contribution in [0.15, 0.2) is 47.1 Å². The number of rotatable bonds is 6. The highest BCUT2D eigenvalue weighted by Gasteiger charge is 2.36. The normalized spacial score (nSPS) is 20.1. The van der Waals surface area contributed by atoms with Gasteiger partial charge in [-0.05, 0) is 62.3 Å². The van der Waals surface area contributed by atoms with Gasteiger partial charge >= 0.3 is 0 Å². The van der Waals surface area contributed by atoms with Crippen molar-refractivity contribution in [2.24, 2.45) is 0 Å². The number of hydrogen-bond acceptors (Lipinski definition) is 6. The van der Waals surface area contributed by atoms with Gasteiger partial charge in [0.05, 0.1) is 23.7 Å². The number of likely N-dealkylation sites (tertiary alicyclic amines) is 1. The Bertz CT molecular complexity index is 980. The lowest BCUT2D eigenvalue weighted by Gasteiger charge is -2.26. The third kappa shape index (κ3) is 4.06. The van der Waals surface area contributed by atoms with Gasteiger partial charge in [0.2, 0.25) is 15.9 Å². The average Bonchev–Trinajstić information content (AvgIpc) is 3.45. The SMILES string of the molecule is O=C(NCC(c1ccco1)N1CCCC1)c1ccc(N2C(=O)CCS2(=O)=O)cc1. The van der Waals surface area contributed by atoms with Crippen LogP contribution in [0.4, 0.5) is 5.69 Å². The largest absolute Gasteiger partial charge is 0.468 e. The molecular formula is C20H23N3O5S. The lowest BCUT2D eigenvalue weighted by molar-refractivity contribution is -0.116. The van der Waals surface area contributed by atoms with Crippen molar-refractivity contribution in [2.75, 3.05) is 29.7 Å². The number of carbonyl (C=O) groups excluding carboxylic acids is 2. The molecule has 3 heterocycles. The van der Waals surface area contributed by atoms with Gasteiger partial charge in [-0.25, -0.2) is 12.7 Å². The molecule has 2 aliphatic rings. The summed E-state index contributed by atoms with van der Waals surface area (Å²) in [6.45, 7) is 2.34. The van der Waals surface area contributed by atoms with Gasteiger partial charge in [-0.2, -0.15) is 0 Å². The number of carbonyl (C=O) groups is 2. The smallest absolute Gasteiger partial charge is 0.251 e. The van der Waals surface area contributed by atoms with Gasteiger partial charge in [0.15, 0.2) is 0 Å². The van der Waals surface area contributed by atoms with E-state index in [1.807, 2.05) is 12.1 Å². The molecule has 1 atom stereocenters. The second kappa shape index (κ2) is 8.00. The van der Waals surface area contributed by atoms with E-state index in [1.54, 1.807) is 6.26 Å². The molecule has 0 radical (unpaired) electrons. The number of anilines is 1. The third-order valence-corrected chi connectivity index (χ3v) is 7.04. The maximum absolute atomic E-state index is 12.6. The molecule has 2 fully saturated rings. The molecule has 9 heteroatoms. The van der Waals surface area contributed by atoms with Crippen LogP contribution < -0.4 is 9.62 Å². The van der Waals surface area contributed by atoms with Crippen LogP contribution in [0.25, 0.3) is 0 Å². The molecule has 154 valence electrons. The average molecular weight is 417 g/mol. The van der Waals surface area contributed by atoms with Crippen molar-refractivity contribution in [2.45, 2.75) is 25.3 Å². The summed E-state index contributed by atoms with van der Waals surface area (Å²) in [6.07, 6.45) is 3.87. The zero-order chi connectivity index (χ0) is 20.4. The Morgan fingerprint density at radius 3 is 2.45 bits per heavy atom. The van der Waals surface area contributed by atoms with Crippen molar-refractivity contribution in [3.05, 3.63) is 54.0 Å². The molecule has 2 aromatic rings. The number of benzene rings is 1. The molecule has 29 heavy (non-hydrogen) atoms. The Morgan fingerprint density at radius 2 is 1.86 bits per heavy atom. The number of amides is 2. The lowest BCUT2D eigenvalue weighted by atomic mass is 10.1. The van der Waals surface area contributed by atoms with Gasteiger partial charge in [0.25, 0.3) is 5.91 Å². The van der Waals surface area contributed by atoms with E-state index in [4.69, 9.17) is 4.42 Å². The molecule has 1 aromatic carbocycles. The zero-order valence-corrected chi connectivity index (χ0v) is 16.7. The van der Waals surface area contributed by atoms with Gasteiger partial charge in [-0.1, -0.05) is 0 Å². The standard InChI is InChI=1S/C20H23N3O5S/c24-19-9-13-29(26,27)23(19)16-7-5-15(6-8-16)20(25)21-14-17(18-4-3-12-28-18)22-10-1-2-11-22/h3-8,12,17H,1-2,9-11,13-14H2,(H,21,25). The molecule has 0 spiro atoms. The van der Waals surface area contributed by atoms with E-state index < -0.39 is 15.9 Å². The number of nitrogens with one attached hydrogen (secondary N) is 1. The molecule has 4 rings (SSSR count). The summed E-state index contributed by atoms with van der Waals surface area (Å²) >= 11 is 0. The van der Waals surface area contributed by atoms with Crippen LogP contribution in [0.5, 0.6) is 0 Å². The van der Waals surface area contributed by atoms with Crippen molar-refractivity contribution < 1.29 is 22.4 Å². The Morgan fingerprint density at radius 1 is 1.14 bits per heavy atom. The van der Waals surface area contributed by atoms with Crippen molar-refractivity contribution in [1.29, 1.82) is 0 Å². The Labute approximate surface area is 169 Å². The molecule has 2 aliphatic heterocycles. The highest BCUT2D eigenvalue weighted by atomic mass is 32.2. The van der Waals surface area contributed by atoms with Gasteiger partial charge < -0.3 is 9.73 Å². The molecular weight excluding hydrogens is 394 g/mol. The van der Waals surface area contributed by atoms with Gasteiger partial charge in [0.1, 0.15) is 5.76 Å². The number of furan rings is 1. The monoisotopic (exact) mass is 417 g/mol. The minimum Gasteiger partial charge on any atom is -0.468 e. The first-order chi connectivity index (χ1) is 14.0. The Kier molecular flexibility index (Phi) is 5.42. The second-order valence-electron chi connectivity index (χ2n) is 7.26. The number of hydrogen-bond donors (Lipinski definition) is 1. The van der Waals surface area contributed by atoms with E-state index in [-0.39, 0.29) is 29.8 Å². The topological polar surface area (TPSA) is 99.9 Å². The first-order valence-electron chi connectivity index (χ1n) is 9.67. The van der Waals surface area contributed by atoms with Crippen LogP contribution in [-0.4, -0.2) is 50.5 Å². The molecule has 0 aliphatic carbocycles.